The van der Waals surface area contributed by atoms with Gasteiger partial charge in [0.25, 0.3) is 0 Å². The molecule has 1 saturated heterocycles. The highest BCUT2D eigenvalue weighted by molar-refractivity contribution is 5.85. The maximum Gasteiger partial charge on any atom is 0.410 e. The molecule has 31 heavy (non-hydrogen) atoms. The van der Waals surface area contributed by atoms with E-state index in [2.05, 4.69) is 20.1 Å². The molecule has 1 aliphatic rings. The van der Waals surface area contributed by atoms with Crippen molar-refractivity contribution < 1.29 is 13.9 Å². The maximum absolute atomic E-state index is 14.9. The van der Waals surface area contributed by atoms with Crippen molar-refractivity contribution in [3.05, 3.63) is 42.6 Å². The van der Waals surface area contributed by atoms with Gasteiger partial charge >= 0.3 is 6.09 Å². The minimum atomic E-state index is -0.995. The van der Waals surface area contributed by atoms with E-state index in [1.54, 1.807) is 17.6 Å². The van der Waals surface area contributed by atoms with E-state index in [1.807, 2.05) is 49.7 Å². The first kappa shape index (κ1) is 21.3. The molecule has 0 bridgehead atoms. The van der Waals surface area contributed by atoms with Gasteiger partial charge in [-0.05, 0) is 44.5 Å². The van der Waals surface area contributed by atoms with Gasteiger partial charge in [0, 0.05) is 61.9 Å². The molecule has 3 heterocycles. The summed E-state index contributed by atoms with van der Waals surface area (Å²) in [7, 11) is 0. The second-order valence-corrected chi connectivity index (χ2v) is 8.98. The number of alkyl halides is 1. The highest BCUT2D eigenvalue weighted by Crippen LogP contribution is 2.24. The number of ether oxygens (including phenoxy) is 1. The molecule has 0 unspecified atom stereocenters. The molecule has 8 nitrogen and oxygen atoms in total. The van der Waals surface area contributed by atoms with Crippen molar-refractivity contribution in [1.29, 1.82) is 0 Å². The van der Waals surface area contributed by atoms with Gasteiger partial charge in [-0.15, -0.1) is 10.2 Å². The molecule has 1 atom stereocenters. The minimum Gasteiger partial charge on any atom is -0.444 e. The van der Waals surface area contributed by atoms with Crippen LogP contribution >= 0.6 is 0 Å². The summed E-state index contributed by atoms with van der Waals surface area (Å²) in [4.78, 5) is 19.2. The fourth-order valence-electron chi connectivity index (χ4n) is 3.85. The zero-order chi connectivity index (χ0) is 22.0. The lowest BCUT2D eigenvalue weighted by Crippen LogP contribution is -2.51. The van der Waals surface area contributed by atoms with Gasteiger partial charge in [-0.2, -0.15) is 0 Å². The molecule has 2 aromatic heterocycles. The number of rotatable bonds is 5. The number of halogens is 1. The summed E-state index contributed by atoms with van der Waals surface area (Å²) >= 11 is 0. The van der Waals surface area contributed by atoms with Crippen molar-refractivity contribution in [3.63, 3.8) is 0 Å². The summed E-state index contributed by atoms with van der Waals surface area (Å²) in [6.45, 7) is 8.31. The summed E-state index contributed by atoms with van der Waals surface area (Å²) in [6.07, 6.45) is 4.20. The molecule has 3 aromatic rings. The maximum atomic E-state index is 14.9. The Bertz CT molecular complexity index is 1020. The molecular formula is C22H29FN6O2. The van der Waals surface area contributed by atoms with Gasteiger partial charge in [-0.25, -0.2) is 9.18 Å². The summed E-state index contributed by atoms with van der Waals surface area (Å²) in [5.41, 5.74) is 2.35. The molecule has 0 spiro atoms. The van der Waals surface area contributed by atoms with E-state index in [4.69, 9.17) is 4.74 Å². The standard InChI is InChI=1S/C22H29FN6O2/c1-22(2,3)31-21(30)28-8-6-27(7-9-28)13-17(23)10-16-12-24-20-5-4-18(11-19(16)20)29-14-25-26-15-29/h4-5,11-12,14-15,17,24H,6-10,13H2,1-3H3/t17-/m0/s1. The van der Waals surface area contributed by atoms with Crippen molar-refractivity contribution in [3.8, 4) is 5.69 Å². The molecule has 0 aliphatic carbocycles. The van der Waals surface area contributed by atoms with Gasteiger partial charge in [0.05, 0.1) is 0 Å². The summed E-state index contributed by atoms with van der Waals surface area (Å²) in [5, 5.41) is 8.69. The number of piperazine rings is 1. The normalized spacial score (nSPS) is 16.6. The number of benzene rings is 1. The van der Waals surface area contributed by atoms with E-state index in [1.165, 1.54) is 0 Å². The average Bonchev–Trinajstić information content (AvgIpc) is 3.37. The molecule has 1 fully saturated rings. The number of aromatic amines is 1. The van der Waals surface area contributed by atoms with Gasteiger partial charge in [0.1, 0.15) is 24.4 Å². The molecule has 166 valence electrons. The topological polar surface area (TPSA) is 79.3 Å². The van der Waals surface area contributed by atoms with Gasteiger partial charge in [0.2, 0.25) is 0 Å². The van der Waals surface area contributed by atoms with Gasteiger partial charge in [-0.3, -0.25) is 9.47 Å². The smallest absolute Gasteiger partial charge is 0.410 e. The van der Waals surface area contributed by atoms with Crippen LogP contribution in [-0.2, 0) is 11.2 Å². The second-order valence-electron chi connectivity index (χ2n) is 8.98. The van der Waals surface area contributed by atoms with Crippen molar-refractivity contribution >= 4 is 17.0 Å². The largest absolute Gasteiger partial charge is 0.444 e. The van der Waals surface area contributed by atoms with Crippen molar-refractivity contribution in [2.45, 2.75) is 39.0 Å². The molecule has 1 aromatic carbocycles. The zero-order valence-corrected chi connectivity index (χ0v) is 18.2. The molecule has 0 saturated carbocycles. The Kier molecular flexibility index (Phi) is 5.95. The monoisotopic (exact) mass is 428 g/mol. The number of hydrogen-bond acceptors (Lipinski definition) is 5. The lowest BCUT2D eigenvalue weighted by Gasteiger charge is -2.36. The first-order valence-corrected chi connectivity index (χ1v) is 10.6. The molecule has 1 N–H and O–H groups in total. The second kappa shape index (κ2) is 8.66. The van der Waals surface area contributed by atoms with Gasteiger partial charge in [-0.1, -0.05) is 0 Å². The third-order valence-electron chi connectivity index (χ3n) is 5.39. The summed E-state index contributed by atoms with van der Waals surface area (Å²) < 4.78 is 22.2. The number of fused-ring (bicyclic) bond motifs is 1. The minimum absolute atomic E-state index is 0.299. The summed E-state index contributed by atoms with van der Waals surface area (Å²) in [6, 6.07) is 5.98. The van der Waals surface area contributed by atoms with Crippen LogP contribution in [0.3, 0.4) is 0 Å². The zero-order valence-electron chi connectivity index (χ0n) is 18.2. The predicted octanol–water partition coefficient (Wildman–Crippen LogP) is 3.18. The first-order valence-electron chi connectivity index (χ1n) is 10.6. The average molecular weight is 429 g/mol. The highest BCUT2D eigenvalue weighted by Gasteiger charge is 2.27. The van der Waals surface area contributed by atoms with Crippen LogP contribution in [0.15, 0.2) is 37.1 Å². The van der Waals surface area contributed by atoms with E-state index in [0.717, 1.165) is 22.2 Å². The quantitative estimate of drug-likeness (QED) is 0.675. The molecule has 0 radical (unpaired) electrons. The third-order valence-corrected chi connectivity index (χ3v) is 5.39. The number of nitrogens with one attached hydrogen (secondary N) is 1. The molecule has 1 amide bonds. The van der Waals surface area contributed by atoms with Crippen molar-refractivity contribution in [2.24, 2.45) is 0 Å². The number of aromatic nitrogens is 4. The number of amides is 1. The lowest BCUT2D eigenvalue weighted by atomic mass is 10.1. The van der Waals surface area contributed by atoms with E-state index in [0.29, 0.717) is 39.1 Å². The van der Waals surface area contributed by atoms with Crippen LogP contribution in [0.1, 0.15) is 26.3 Å². The molecular weight excluding hydrogens is 399 g/mol. The SMILES string of the molecule is CC(C)(C)OC(=O)N1CCN(C[C@@H](F)Cc2c[nH]c3ccc(-n4cnnc4)cc23)CC1. The van der Waals surface area contributed by atoms with Crippen molar-refractivity contribution in [1.82, 2.24) is 29.5 Å². The van der Waals surface area contributed by atoms with Crippen LogP contribution in [0.4, 0.5) is 9.18 Å². The Labute approximate surface area is 181 Å². The van der Waals surface area contributed by atoms with Crippen molar-refractivity contribution in [2.75, 3.05) is 32.7 Å². The van der Waals surface area contributed by atoms with Crippen LogP contribution in [0.2, 0.25) is 0 Å². The Morgan fingerprint density at radius 3 is 2.58 bits per heavy atom. The summed E-state index contributed by atoms with van der Waals surface area (Å²) in [5.74, 6) is 0. The van der Waals surface area contributed by atoms with E-state index < -0.39 is 11.8 Å². The van der Waals surface area contributed by atoms with Gasteiger partial charge in [0.15, 0.2) is 0 Å². The van der Waals surface area contributed by atoms with Crippen LogP contribution in [0.25, 0.3) is 16.6 Å². The predicted molar refractivity (Wildman–Crippen MR) is 116 cm³/mol. The fourth-order valence-corrected chi connectivity index (χ4v) is 3.85. The first-order chi connectivity index (χ1) is 14.8. The number of carbonyl (C=O) groups is 1. The number of carbonyl (C=O) groups excluding carboxylic acids is 1. The Hall–Kier alpha value is -2.94. The number of hydrogen-bond donors (Lipinski definition) is 1. The van der Waals surface area contributed by atoms with Crippen LogP contribution < -0.4 is 0 Å². The molecule has 4 rings (SSSR count). The Morgan fingerprint density at radius 1 is 1.19 bits per heavy atom. The number of H-pyrrole nitrogens is 1. The fraction of sp³-hybridized carbons (Fsp3) is 0.500. The van der Waals surface area contributed by atoms with Crippen LogP contribution in [0.5, 0.6) is 0 Å². The van der Waals surface area contributed by atoms with Crippen LogP contribution in [0, 0.1) is 0 Å². The third kappa shape index (κ3) is 5.22. The van der Waals surface area contributed by atoms with E-state index in [-0.39, 0.29) is 6.09 Å². The Balaban J connectivity index is 1.33. The number of nitrogens with zero attached hydrogens (tertiary/aromatic N) is 5. The van der Waals surface area contributed by atoms with Crippen LogP contribution in [-0.4, -0.2) is 80.1 Å². The Morgan fingerprint density at radius 2 is 1.90 bits per heavy atom. The van der Waals surface area contributed by atoms with E-state index in [9.17, 15) is 9.18 Å². The highest BCUT2D eigenvalue weighted by atomic mass is 19.1. The van der Waals surface area contributed by atoms with E-state index >= 15 is 0 Å². The van der Waals surface area contributed by atoms with Gasteiger partial charge < -0.3 is 14.6 Å². The molecule has 9 heteroatoms. The lowest BCUT2D eigenvalue weighted by molar-refractivity contribution is 0.0128. The molecule has 1 aliphatic heterocycles.